The molecule has 4 rings (SSSR count). The molecule has 3 N–H and O–H groups in total. The van der Waals surface area contributed by atoms with E-state index in [2.05, 4.69) is 19.7 Å². The molecule has 0 saturated heterocycles. The molecule has 0 atom stereocenters. The van der Waals surface area contributed by atoms with Gasteiger partial charge in [0.15, 0.2) is 10.7 Å². The standard InChI is InChI=1S/C20H15ClFN5O3S/c1-30-20-17(6-13(21)10-26-20)31(28,29)27-15-4-2-3-14(19(15)22)11-5-12-9-25-18(23)7-16(12)24-8-11/h2-10,27H,1H3,(H2,23,25). The van der Waals surface area contributed by atoms with E-state index in [1.165, 1.54) is 50.0 Å². The molecule has 0 unspecified atom stereocenters. The number of aromatic nitrogens is 3. The van der Waals surface area contributed by atoms with Gasteiger partial charge in [0.2, 0.25) is 5.88 Å². The highest BCUT2D eigenvalue weighted by molar-refractivity contribution is 7.92. The lowest BCUT2D eigenvalue weighted by Crippen LogP contribution is -2.16. The maximum atomic E-state index is 15.3. The summed E-state index contributed by atoms with van der Waals surface area (Å²) in [5, 5.41) is 0.749. The normalized spacial score (nSPS) is 11.5. The molecule has 4 aromatic rings. The Morgan fingerprint density at radius 3 is 2.68 bits per heavy atom. The Morgan fingerprint density at radius 2 is 1.90 bits per heavy atom. The number of anilines is 2. The van der Waals surface area contributed by atoms with Gasteiger partial charge >= 0.3 is 0 Å². The SMILES string of the molecule is COc1ncc(Cl)cc1S(=O)(=O)Nc1cccc(-c2cnc3cc(N)ncc3c2)c1F. The topological polar surface area (TPSA) is 120 Å². The van der Waals surface area contributed by atoms with E-state index in [0.717, 1.165) is 0 Å². The molecular formula is C20H15ClFN5O3S. The van der Waals surface area contributed by atoms with Crippen molar-refractivity contribution in [3.63, 3.8) is 0 Å². The van der Waals surface area contributed by atoms with Crippen LogP contribution in [0.4, 0.5) is 15.9 Å². The number of halogens is 2. The zero-order valence-corrected chi connectivity index (χ0v) is 17.6. The first-order valence-electron chi connectivity index (χ1n) is 8.81. The zero-order valence-electron chi connectivity index (χ0n) is 16.0. The van der Waals surface area contributed by atoms with Crippen LogP contribution in [0.3, 0.4) is 0 Å². The number of hydrogen-bond acceptors (Lipinski definition) is 7. The van der Waals surface area contributed by atoms with Gasteiger partial charge in [-0.2, -0.15) is 0 Å². The molecule has 8 nitrogen and oxygen atoms in total. The number of nitrogen functional groups attached to an aromatic ring is 1. The van der Waals surface area contributed by atoms with Crippen LogP contribution in [0.2, 0.25) is 5.02 Å². The van der Waals surface area contributed by atoms with Crippen molar-refractivity contribution in [2.45, 2.75) is 4.90 Å². The van der Waals surface area contributed by atoms with Crippen LogP contribution in [-0.2, 0) is 10.0 Å². The van der Waals surface area contributed by atoms with Crippen molar-refractivity contribution in [1.82, 2.24) is 15.0 Å². The Labute approximate surface area is 181 Å². The average molecular weight is 460 g/mol. The Balaban J connectivity index is 1.75. The Hall–Kier alpha value is -3.50. The summed E-state index contributed by atoms with van der Waals surface area (Å²) in [6, 6.07) is 8.81. The quantitative estimate of drug-likeness (QED) is 0.464. The van der Waals surface area contributed by atoms with Crippen molar-refractivity contribution in [2.75, 3.05) is 17.6 Å². The van der Waals surface area contributed by atoms with Gasteiger partial charge in [-0.05, 0) is 18.2 Å². The Bertz CT molecular complexity index is 1420. The number of methoxy groups -OCH3 is 1. The summed E-state index contributed by atoms with van der Waals surface area (Å²) >= 11 is 5.87. The third-order valence-corrected chi connectivity index (χ3v) is 5.98. The monoisotopic (exact) mass is 459 g/mol. The van der Waals surface area contributed by atoms with Crippen molar-refractivity contribution >= 4 is 44.0 Å². The fourth-order valence-electron chi connectivity index (χ4n) is 2.97. The molecule has 11 heteroatoms. The minimum Gasteiger partial charge on any atom is -0.480 e. The van der Waals surface area contributed by atoms with E-state index in [1.54, 1.807) is 12.1 Å². The average Bonchev–Trinajstić information content (AvgIpc) is 2.75. The van der Waals surface area contributed by atoms with Gasteiger partial charge in [0.25, 0.3) is 10.0 Å². The first-order chi connectivity index (χ1) is 14.8. The lowest BCUT2D eigenvalue weighted by Gasteiger charge is -2.13. The molecule has 31 heavy (non-hydrogen) atoms. The number of nitrogens with zero attached hydrogens (tertiary/aromatic N) is 3. The fourth-order valence-corrected chi connectivity index (χ4v) is 4.40. The van der Waals surface area contributed by atoms with E-state index in [-0.39, 0.29) is 27.0 Å². The van der Waals surface area contributed by atoms with Gasteiger partial charge in [0.05, 0.1) is 23.3 Å². The second kappa shape index (κ2) is 7.97. The van der Waals surface area contributed by atoms with Gasteiger partial charge in [-0.25, -0.2) is 22.8 Å². The van der Waals surface area contributed by atoms with Crippen molar-refractivity contribution in [1.29, 1.82) is 0 Å². The molecule has 0 amide bonds. The van der Waals surface area contributed by atoms with E-state index in [0.29, 0.717) is 22.3 Å². The van der Waals surface area contributed by atoms with Crippen LogP contribution in [0.15, 0.2) is 59.9 Å². The zero-order chi connectivity index (χ0) is 22.2. The first kappa shape index (κ1) is 20.8. The lowest BCUT2D eigenvalue weighted by atomic mass is 10.0. The van der Waals surface area contributed by atoms with Crippen LogP contribution >= 0.6 is 11.6 Å². The summed E-state index contributed by atoms with van der Waals surface area (Å²) in [4.78, 5) is 11.8. The van der Waals surface area contributed by atoms with Gasteiger partial charge in [-0.3, -0.25) is 9.71 Å². The number of benzene rings is 1. The molecule has 0 aliphatic carbocycles. The van der Waals surface area contributed by atoms with Crippen LogP contribution in [0, 0.1) is 5.82 Å². The summed E-state index contributed by atoms with van der Waals surface area (Å²) in [5.41, 5.74) is 6.61. The van der Waals surface area contributed by atoms with Gasteiger partial charge in [-0.1, -0.05) is 23.7 Å². The summed E-state index contributed by atoms with van der Waals surface area (Å²) in [5.74, 6) is -0.621. The third-order valence-electron chi connectivity index (χ3n) is 4.41. The number of pyridine rings is 3. The number of hydrogen-bond donors (Lipinski definition) is 2. The first-order valence-corrected chi connectivity index (χ1v) is 10.7. The predicted molar refractivity (Wildman–Crippen MR) is 116 cm³/mol. The Kier molecular flexibility index (Phi) is 5.34. The number of ether oxygens (including phenoxy) is 1. The molecule has 1 aromatic carbocycles. The van der Waals surface area contributed by atoms with Gasteiger partial charge in [0.1, 0.15) is 5.82 Å². The minimum absolute atomic E-state index is 0.0897. The predicted octanol–water partition coefficient (Wildman–Crippen LogP) is 3.88. The molecule has 0 aliphatic heterocycles. The molecule has 3 aromatic heterocycles. The Morgan fingerprint density at radius 1 is 1.10 bits per heavy atom. The van der Waals surface area contributed by atoms with Crippen LogP contribution in [0.1, 0.15) is 0 Å². The molecule has 0 bridgehead atoms. The molecule has 158 valence electrons. The van der Waals surface area contributed by atoms with Crippen LogP contribution < -0.4 is 15.2 Å². The van der Waals surface area contributed by atoms with Crippen LogP contribution in [0.5, 0.6) is 5.88 Å². The van der Waals surface area contributed by atoms with Crippen molar-refractivity contribution < 1.29 is 17.5 Å². The number of rotatable bonds is 5. The van der Waals surface area contributed by atoms with E-state index < -0.39 is 15.8 Å². The molecule has 0 saturated carbocycles. The number of sulfonamides is 1. The second-order valence-corrected chi connectivity index (χ2v) is 8.55. The number of fused-ring (bicyclic) bond motifs is 1. The van der Waals surface area contributed by atoms with Gasteiger partial charge < -0.3 is 10.5 Å². The molecule has 3 heterocycles. The summed E-state index contributed by atoms with van der Waals surface area (Å²) in [6.07, 6.45) is 4.25. The van der Waals surface area contributed by atoms with E-state index in [1.807, 2.05) is 0 Å². The third kappa shape index (κ3) is 4.07. The highest BCUT2D eigenvalue weighted by Crippen LogP contribution is 2.32. The lowest BCUT2D eigenvalue weighted by molar-refractivity contribution is 0.385. The fraction of sp³-hybridized carbons (Fsp3) is 0.0500. The maximum absolute atomic E-state index is 15.3. The minimum atomic E-state index is -4.24. The molecule has 0 fully saturated rings. The van der Waals surface area contributed by atoms with Crippen molar-refractivity contribution in [2.24, 2.45) is 0 Å². The summed E-state index contributed by atoms with van der Waals surface area (Å²) < 4.78 is 48.2. The second-order valence-electron chi connectivity index (χ2n) is 6.46. The highest BCUT2D eigenvalue weighted by atomic mass is 35.5. The largest absolute Gasteiger partial charge is 0.480 e. The van der Waals surface area contributed by atoms with Crippen molar-refractivity contribution in [3.8, 4) is 17.0 Å². The summed E-state index contributed by atoms with van der Waals surface area (Å²) in [6.45, 7) is 0. The number of nitrogens with one attached hydrogen (secondary N) is 1. The maximum Gasteiger partial charge on any atom is 0.267 e. The summed E-state index contributed by atoms with van der Waals surface area (Å²) in [7, 11) is -2.97. The molecule has 0 aliphatic rings. The van der Waals surface area contributed by atoms with Gasteiger partial charge in [0, 0.05) is 41.2 Å². The molecular weight excluding hydrogens is 445 g/mol. The molecule has 0 spiro atoms. The number of nitrogens with two attached hydrogens (primary N) is 1. The van der Waals surface area contributed by atoms with E-state index in [4.69, 9.17) is 22.1 Å². The molecule has 0 radical (unpaired) electrons. The highest BCUT2D eigenvalue weighted by Gasteiger charge is 2.23. The van der Waals surface area contributed by atoms with Crippen molar-refractivity contribution in [3.05, 3.63) is 65.8 Å². The van der Waals surface area contributed by atoms with E-state index >= 15 is 4.39 Å². The van der Waals surface area contributed by atoms with Crippen LogP contribution in [-0.4, -0.2) is 30.5 Å². The van der Waals surface area contributed by atoms with E-state index in [9.17, 15) is 8.42 Å². The van der Waals surface area contributed by atoms with Gasteiger partial charge in [-0.15, -0.1) is 0 Å². The smallest absolute Gasteiger partial charge is 0.267 e. The van der Waals surface area contributed by atoms with Crippen LogP contribution in [0.25, 0.3) is 22.0 Å².